The molecule has 2 rings (SSSR count). The fourth-order valence-electron chi connectivity index (χ4n) is 2.01. The van der Waals surface area contributed by atoms with Crippen LogP contribution in [0.4, 0.5) is 0 Å². The topological polar surface area (TPSA) is 67.7 Å². The number of sulfone groups is 1. The van der Waals surface area contributed by atoms with Gasteiger partial charge >= 0.3 is 0 Å². The summed E-state index contributed by atoms with van der Waals surface area (Å²) < 4.78 is 25.1. The summed E-state index contributed by atoms with van der Waals surface area (Å²) in [7, 11) is -3.27. The third kappa shape index (κ3) is 4.02. The number of carbonyl (C=O) groups excluding carboxylic acids is 1. The minimum Gasteiger partial charge on any atom is -0.346 e. The maximum atomic E-state index is 12.1. The minimum atomic E-state index is -3.27. The zero-order valence-corrected chi connectivity index (χ0v) is 12.8. The first-order chi connectivity index (χ1) is 8.97. The number of hydrogen-bond donors (Lipinski definition) is 2. The van der Waals surface area contributed by atoms with E-state index in [9.17, 15) is 13.2 Å². The van der Waals surface area contributed by atoms with Crippen LogP contribution in [0.15, 0.2) is 33.6 Å². The fourth-order valence-corrected chi connectivity index (χ4v) is 3.62. The fraction of sp³-hybridized carbons (Fsp3) is 0.417. The van der Waals surface area contributed by atoms with Gasteiger partial charge in [0.25, 0.3) is 5.91 Å². The second-order valence-corrected chi connectivity index (χ2v) is 7.57. The van der Waals surface area contributed by atoms with E-state index in [2.05, 4.69) is 21.2 Å². The molecule has 104 valence electrons. The van der Waals surface area contributed by atoms with Crippen molar-refractivity contribution in [1.29, 1.82) is 0 Å². The third-order valence-corrected chi connectivity index (χ3v) is 5.37. The highest BCUT2D eigenvalue weighted by molar-refractivity contribution is 9.10. The van der Waals surface area contributed by atoms with E-state index in [1.807, 2.05) is 0 Å². The summed E-state index contributed by atoms with van der Waals surface area (Å²) in [5.41, 5.74) is 0. The van der Waals surface area contributed by atoms with Gasteiger partial charge in [0, 0.05) is 4.47 Å². The van der Waals surface area contributed by atoms with Crippen molar-refractivity contribution in [1.82, 2.24) is 5.32 Å². The maximum Gasteiger partial charge on any atom is 0.275 e. The first kappa shape index (κ1) is 14.5. The molecule has 1 aromatic rings. The Bertz CT molecular complexity index is 557. The molecule has 1 heterocycles. The predicted octanol–water partition coefficient (Wildman–Crippen LogP) is -0.762. The van der Waals surface area contributed by atoms with Gasteiger partial charge in [0.1, 0.15) is 5.75 Å². The van der Waals surface area contributed by atoms with Gasteiger partial charge < -0.3 is 10.2 Å². The second-order valence-electron chi connectivity index (χ2n) is 4.55. The van der Waals surface area contributed by atoms with Crippen molar-refractivity contribution in [2.75, 3.05) is 31.9 Å². The molecule has 7 heteroatoms. The molecule has 0 saturated carbocycles. The van der Waals surface area contributed by atoms with Gasteiger partial charge in [-0.25, -0.2) is 8.42 Å². The number of carbonyl (C=O) groups is 1. The number of rotatable bonds is 4. The quantitative estimate of drug-likeness (QED) is 0.752. The smallest absolute Gasteiger partial charge is 0.275 e. The van der Waals surface area contributed by atoms with Crippen molar-refractivity contribution >= 4 is 31.7 Å². The molecular formula is C12H16BrN2O3S+. The van der Waals surface area contributed by atoms with E-state index >= 15 is 0 Å². The van der Waals surface area contributed by atoms with E-state index in [0.717, 1.165) is 15.9 Å². The average Bonchev–Trinajstić information content (AvgIpc) is 2.37. The molecule has 0 aromatic heterocycles. The van der Waals surface area contributed by atoms with Gasteiger partial charge in [-0.05, 0) is 24.3 Å². The normalized spacial score (nSPS) is 20.1. The Hall–Kier alpha value is -0.920. The summed E-state index contributed by atoms with van der Waals surface area (Å²) in [5.74, 6) is 0.0549. The summed E-state index contributed by atoms with van der Waals surface area (Å²) in [5, 5.41) is 2.73. The largest absolute Gasteiger partial charge is 0.346 e. The molecular weight excluding hydrogens is 332 g/mol. The van der Waals surface area contributed by atoms with Gasteiger partial charge in [-0.1, -0.05) is 15.9 Å². The Labute approximate surface area is 121 Å². The number of amides is 1. The molecule has 1 aliphatic rings. The molecule has 0 aliphatic carbocycles. The number of halogens is 1. The molecule has 0 bridgehead atoms. The molecule has 1 aliphatic heterocycles. The second kappa shape index (κ2) is 6.02. The van der Waals surface area contributed by atoms with Crippen LogP contribution in [-0.2, 0) is 14.6 Å². The highest BCUT2D eigenvalue weighted by Gasteiger charge is 2.23. The summed E-state index contributed by atoms with van der Waals surface area (Å²) in [6.45, 7) is 2.22. The molecule has 1 fully saturated rings. The Morgan fingerprint density at radius 2 is 1.95 bits per heavy atom. The Morgan fingerprint density at radius 1 is 1.26 bits per heavy atom. The van der Waals surface area contributed by atoms with Crippen molar-refractivity contribution < 1.29 is 18.1 Å². The maximum absolute atomic E-state index is 12.1. The molecule has 1 saturated heterocycles. The summed E-state index contributed by atoms with van der Waals surface area (Å²) >= 11 is 3.28. The summed E-state index contributed by atoms with van der Waals surface area (Å²) in [6, 6.07) is 6.62. The highest BCUT2D eigenvalue weighted by Crippen LogP contribution is 2.15. The van der Waals surface area contributed by atoms with Crippen LogP contribution in [0, 0.1) is 0 Å². The van der Waals surface area contributed by atoms with E-state index in [1.165, 1.54) is 0 Å². The SMILES string of the molecule is O=C1C[NH+](CCS(=O)(=O)c2ccc(Br)cc2)CCN1. The van der Waals surface area contributed by atoms with Crippen LogP contribution in [0.5, 0.6) is 0 Å². The Balaban J connectivity index is 1.97. The monoisotopic (exact) mass is 347 g/mol. The van der Waals surface area contributed by atoms with Crippen LogP contribution in [0.25, 0.3) is 0 Å². The van der Waals surface area contributed by atoms with Crippen LogP contribution >= 0.6 is 15.9 Å². The van der Waals surface area contributed by atoms with Crippen molar-refractivity contribution in [3.8, 4) is 0 Å². The zero-order chi connectivity index (χ0) is 13.9. The van der Waals surface area contributed by atoms with Crippen LogP contribution in [0.2, 0.25) is 0 Å². The minimum absolute atomic E-state index is 0.0118. The lowest BCUT2D eigenvalue weighted by Crippen LogP contribution is -3.15. The van der Waals surface area contributed by atoms with E-state index < -0.39 is 9.84 Å². The molecule has 1 amide bonds. The highest BCUT2D eigenvalue weighted by atomic mass is 79.9. The lowest BCUT2D eigenvalue weighted by atomic mass is 10.3. The predicted molar refractivity (Wildman–Crippen MR) is 74.8 cm³/mol. The van der Waals surface area contributed by atoms with Crippen LogP contribution in [0.3, 0.4) is 0 Å². The van der Waals surface area contributed by atoms with Gasteiger partial charge in [-0.2, -0.15) is 0 Å². The van der Waals surface area contributed by atoms with Gasteiger partial charge in [-0.3, -0.25) is 4.79 Å². The van der Waals surface area contributed by atoms with E-state index in [1.54, 1.807) is 24.3 Å². The summed E-state index contributed by atoms with van der Waals surface area (Å²) in [4.78, 5) is 12.6. The summed E-state index contributed by atoms with van der Waals surface area (Å²) in [6.07, 6.45) is 0. The lowest BCUT2D eigenvalue weighted by Gasteiger charge is -2.23. The third-order valence-electron chi connectivity index (χ3n) is 3.11. The van der Waals surface area contributed by atoms with Crippen LogP contribution in [0.1, 0.15) is 0 Å². The number of hydrogen-bond acceptors (Lipinski definition) is 3. The van der Waals surface area contributed by atoms with E-state index in [-0.39, 0.29) is 11.7 Å². The molecule has 5 nitrogen and oxygen atoms in total. The zero-order valence-electron chi connectivity index (χ0n) is 10.4. The Kier molecular flexibility index (Phi) is 4.59. The molecule has 19 heavy (non-hydrogen) atoms. The molecule has 1 aromatic carbocycles. The number of piperazine rings is 1. The van der Waals surface area contributed by atoms with Gasteiger partial charge in [0.15, 0.2) is 16.4 Å². The van der Waals surface area contributed by atoms with Crippen molar-refractivity contribution in [3.63, 3.8) is 0 Å². The van der Waals surface area contributed by atoms with E-state index in [4.69, 9.17) is 0 Å². The van der Waals surface area contributed by atoms with Crippen LogP contribution < -0.4 is 10.2 Å². The van der Waals surface area contributed by atoms with Gasteiger partial charge in [-0.15, -0.1) is 0 Å². The lowest BCUT2D eigenvalue weighted by molar-refractivity contribution is -0.890. The molecule has 0 radical (unpaired) electrons. The van der Waals surface area contributed by atoms with E-state index in [0.29, 0.717) is 24.5 Å². The standard InChI is InChI=1S/C12H15BrN2O3S/c13-10-1-3-11(4-2-10)19(17,18)8-7-15-6-5-14-12(16)9-15/h1-4H,5-9H2,(H,14,16)/p+1. The van der Waals surface area contributed by atoms with Crippen LogP contribution in [-0.4, -0.2) is 46.3 Å². The molecule has 2 N–H and O–H groups in total. The van der Waals surface area contributed by atoms with Gasteiger partial charge in [0.2, 0.25) is 0 Å². The number of benzene rings is 1. The molecule has 1 atom stereocenters. The molecule has 1 unspecified atom stereocenters. The van der Waals surface area contributed by atoms with Gasteiger partial charge in [0.05, 0.1) is 24.5 Å². The van der Waals surface area contributed by atoms with Crippen molar-refractivity contribution in [2.45, 2.75) is 4.90 Å². The van der Waals surface area contributed by atoms with Crippen molar-refractivity contribution in [3.05, 3.63) is 28.7 Å². The van der Waals surface area contributed by atoms with Crippen molar-refractivity contribution in [2.24, 2.45) is 0 Å². The first-order valence-electron chi connectivity index (χ1n) is 6.06. The Morgan fingerprint density at radius 3 is 2.58 bits per heavy atom. The number of nitrogens with one attached hydrogen (secondary N) is 2. The average molecular weight is 348 g/mol. The number of quaternary nitrogens is 1. The first-order valence-corrected chi connectivity index (χ1v) is 8.50. The molecule has 0 spiro atoms.